The minimum atomic E-state index is -4.35. The van der Waals surface area contributed by atoms with Gasteiger partial charge in [0.25, 0.3) is 5.69 Å². The van der Waals surface area contributed by atoms with Crippen LogP contribution >= 0.6 is 11.6 Å². The summed E-state index contributed by atoms with van der Waals surface area (Å²) in [5.41, 5.74) is -0.0607. The lowest BCUT2D eigenvalue weighted by molar-refractivity contribution is -0.387. The third kappa shape index (κ3) is 4.15. The molecule has 1 atom stereocenters. The largest absolute Gasteiger partial charge is 0.468 e. The molecule has 0 bridgehead atoms. The standard InChI is InChI=1S/C16H14ClNO6S/c1-24-16(19)15(10-11-6-8-12(17)9-7-11)25(22,23)14-5-3-2-4-13(14)18(20)21/h2-9,15H,10H2,1H3/t15-/m1/s1. The summed E-state index contributed by atoms with van der Waals surface area (Å²) >= 11 is 5.79. The maximum Gasteiger partial charge on any atom is 0.324 e. The van der Waals surface area contributed by atoms with E-state index in [2.05, 4.69) is 4.74 Å². The van der Waals surface area contributed by atoms with Gasteiger partial charge in [-0.3, -0.25) is 14.9 Å². The SMILES string of the molecule is COC(=O)[C@@H](Cc1ccc(Cl)cc1)S(=O)(=O)c1ccccc1[N+](=O)[O-]. The molecule has 0 N–H and O–H groups in total. The molecule has 2 aromatic rings. The van der Waals surface area contributed by atoms with Gasteiger partial charge in [-0.25, -0.2) is 8.42 Å². The molecule has 25 heavy (non-hydrogen) atoms. The third-order valence-corrected chi connectivity index (χ3v) is 5.86. The second kappa shape index (κ2) is 7.62. The van der Waals surface area contributed by atoms with E-state index in [1.54, 1.807) is 24.3 Å². The van der Waals surface area contributed by atoms with Crippen molar-refractivity contribution in [3.05, 3.63) is 69.2 Å². The van der Waals surface area contributed by atoms with E-state index < -0.39 is 36.6 Å². The molecule has 0 saturated carbocycles. The summed E-state index contributed by atoms with van der Waals surface area (Å²) in [5.74, 6) is -0.992. The number of halogens is 1. The second-order valence-corrected chi connectivity index (χ2v) is 7.65. The Kier molecular flexibility index (Phi) is 5.76. The first kappa shape index (κ1) is 18.9. The predicted molar refractivity (Wildman–Crippen MR) is 91.2 cm³/mol. The van der Waals surface area contributed by atoms with E-state index in [1.807, 2.05) is 0 Å². The van der Waals surface area contributed by atoms with Crippen LogP contribution in [0.5, 0.6) is 0 Å². The van der Waals surface area contributed by atoms with Crippen LogP contribution in [0.4, 0.5) is 5.69 Å². The summed E-state index contributed by atoms with van der Waals surface area (Å²) in [6, 6.07) is 11.2. The quantitative estimate of drug-likeness (QED) is 0.431. The molecule has 0 aliphatic heterocycles. The number of ether oxygens (including phenoxy) is 1. The number of rotatable bonds is 6. The molecule has 2 aromatic carbocycles. The molecule has 0 heterocycles. The van der Waals surface area contributed by atoms with Crippen LogP contribution < -0.4 is 0 Å². The number of para-hydroxylation sites is 1. The van der Waals surface area contributed by atoms with Crippen molar-refractivity contribution in [3.63, 3.8) is 0 Å². The summed E-state index contributed by atoms with van der Waals surface area (Å²) in [4.78, 5) is 21.9. The van der Waals surface area contributed by atoms with Crippen molar-refractivity contribution in [2.45, 2.75) is 16.6 Å². The van der Waals surface area contributed by atoms with E-state index in [0.29, 0.717) is 10.6 Å². The number of carbonyl (C=O) groups excluding carboxylic acids is 1. The van der Waals surface area contributed by atoms with Crippen molar-refractivity contribution in [3.8, 4) is 0 Å². The van der Waals surface area contributed by atoms with E-state index in [1.165, 1.54) is 12.1 Å². The van der Waals surface area contributed by atoms with Crippen molar-refractivity contribution in [2.24, 2.45) is 0 Å². The normalized spacial score (nSPS) is 12.4. The van der Waals surface area contributed by atoms with Gasteiger partial charge in [-0.15, -0.1) is 0 Å². The van der Waals surface area contributed by atoms with Gasteiger partial charge in [0.05, 0.1) is 12.0 Å². The lowest BCUT2D eigenvalue weighted by Crippen LogP contribution is -2.34. The Bertz CT molecular complexity index is 895. The van der Waals surface area contributed by atoms with Crippen LogP contribution in [0.1, 0.15) is 5.56 Å². The molecule has 9 heteroatoms. The first-order chi connectivity index (χ1) is 11.8. The molecule has 0 aliphatic carbocycles. The highest BCUT2D eigenvalue weighted by molar-refractivity contribution is 7.93. The summed E-state index contributed by atoms with van der Waals surface area (Å²) in [7, 11) is -3.28. The fraction of sp³-hybridized carbons (Fsp3) is 0.188. The molecule has 0 spiro atoms. The van der Waals surface area contributed by atoms with Crippen LogP contribution in [-0.2, 0) is 25.8 Å². The zero-order valence-electron chi connectivity index (χ0n) is 13.1. The van der Waals surface area contributed by atoms with Crippen molar-refractivity contribution in [1.82, 2.24) is 0 Å². The Labute approximate surface area is 149 Å². The molecule has 0 amide bonds. The van der Waals surface area contributed by atoms with Crippen LogP contribution in [0.25, 0.3) is 0 Å². The number of nitro benzene ring substituents is 1. The Morgan fingerprint density at radius 1 is 1.20 bits per heavy atom. The number of benzene rings is 2. The molecule has 0 fully saturated rings. The smallest absolute Gasteiger partial charge is 0.324 e. The lowest BCUT2D eigenvalue weighted by Gasteiger charge is -2.16. The fourth-order valence-electron chi connectivity index (χ4n) is 2.29. The van der Waals surface area contributed by atoms with Gasteiger partial charge >= 0.3 is 5.97 Å². The molecular weight excluding hydrogens is 370 g/mol. The minimum absolute atomic E-state index is 0.196. The molecular formula is C16H14ClNO6S. The van der Waals surface area contributed by atoms with Gasteiger partial charge in [0, 0.05) is 17.5 Å². The van der Waals surface area contributed by atoms with Crippen LogP contribution in [-0.4, -0.2) is 31.7 Å². The van der Waals surface area contributed by atoms with Gasteiger partial charge in [0.1, 0.15) is 4.90 Å². The maximum absolute atomic E-state index is 12.9. The molecule has 0 saturated heterocycles. The Morgan fingerprint density at radius 2 is 1.80 bits per heavy atom. The summed E-state index contributed by atoms with van der Waals surface area (Å²) in [5, 5.41) is 9.98. The second-order valence-electron chi connectivity index (χ2n) is 5.11. The summed E-state index contributed by atoms with van der Waals surface area (Å²) in [6.45, 7) is 0. The zero-order valence-corrected chi connectivity index (χ0v) is 14.7. The molecule has 132 valence electrons. The van der Waals surface area contributed by atoms with E-state index in [9.17, 15) is 23.3 Å². The Balaban J connectivity index is 2.51. The third-order valence-electron chi connectivity index (χ3n) is 3.54. The molecule has 7 nitrogen and oxygen atoms in total. The van der Waals surface area contributed by atoms with Gasteiger partial charge in [0.15, 0.2) is 15.1 Å². The van der Waals surface area contributed by atoms with Gasteiger partial charge in [-0.1, -0.05) is 35.9 Å². The number of esters is 1. The van der Waals surface area contributed by atoms with Gasteiger partial charge in [0.2, 0.25) is 0 Å². The maximum atomic E-state index is 12.9. The van der Waals surface area contributed by atoms with Crippen LogP contribution in [0, 0.1) is 10.1 Å². The first-order valence-electron chi connectivity index (χ1n) is 7.07. The van der Waals surface area contributed by atoms with Gasteiger partial charge in [-0.05, 0) is 23.8 Å². The number of hydrogen-bond donors (Lipinski definition) is 0. The van der Waals surface area contributed by atoms with Crippen LogP contribution in [0.15, 0.2) is 53.4 Å². The highest BCUT2D eigenvalue weighted by Gasteiger charge is 2.39. The number of methoxy groups -OCH3 is 1. The van der Waals surface area contributed by atoms with Crippen LogP contribution in [0.3, 0.4) is 0 Å². The minimum Gasteiger partial charge on any atom is -0.468 e. The van der Waals surface area contributed by atoms with Crippen molar-refractivity contribution < 1.29 is 22.9 Å². The summed E-state index contributed by atoms with van der Waals surface area (Å²) < 4.78 is 30.4. The number of nitrogens with zero attached hydrogens (tertiary/aromatic N) is 1. The summed E-state index contributed by atoms with van der Waals surface area (Å²) in [6.07, 6.45) is -0.196. The van der Waals surface area contributed by atoms with Gasteiger partial charge < -0.3 is 4.74 Å². The fourth-order valence-corrected chi connectivity index (χ4v) is 4.18. The average Bonchev–Trinajstić information content (AvgIpc) is 2.60. The number of sulfone groups is 1. The van der Waals surface area contributed by atoms with E-state index in [-0.39, 0.29) is 6.42 Å². The highest BCUT2D eigenvalue weighted by atomic mass is 35.5. The van der Waals surface area contributed by atoms with Crippen LogP contribution in [0.2, 0.25) is 5.02 Å². The van der Waals surface area contributed by atoms with E-state index in [0.717, 1.165) is 19.2 Å². The lowest BCUT2D eigenvalue weighted by atomic mass is 10.1. The van der Waals surface area contributed by atoms with Crippen molar-refractivity contribution in [1.29, 1.82) is 0 Å². The zero-order chi connectivity index (χ0) is 18.6. The predicted octanol–water partition coefficient (Wildman–Crippen LogP) is 2.81. The number of hydrogen-bond acceptors (Lipinski definition) is 6. The molecule has 0 radical (unpaired) electrons. The average molecular weight is 384 g/mol. The monoisotopic (exact) mass is 383 g/mol. The highest BCUT2D eigenvalue weighted by Crippen LogP contribution is 2.28. The van der Waals surface area contributed by atoms with Crippen molar-refractivity contribution in [2.75, 3.05) is 7.11 Å². The molecule has 2 rings (SSSR count). The topological polar surface area (TPSA) is 104 Å². The number of carbonyl (C=O) groups is 1. The molecule has 0 aromatic heterocycles. The number of nitro groups is 1. The van der Waals surface area contributed by atoms with Gasteiger partial charge in [-0.2, -0.15) is 0 Å². The van der Waals surface area contributed by atoms with E-state index >= 15 is 0 Å². The Hall–Kier alpha value is -2.45. The van der Waals surface area contributed by atoms with E-state index in [4.69, 9.17) is 11.6 Å². The van der Waals surface area contributed by atoms with Crippen molar-refractivity contribution >= 4 is 33.1 Å². The first-order valence-corrected chi connectivity index (χ1v) is 8.99. The molecule has 0 unspecified atom stereocenters. The molecule has 0 aliphatic rings. The Morgan fingerprint density at radius 3 is 2.36 bits per heavy atom.